The molecule has 2 N–H and O–H groups in total. The summed E-state index contributed by atoms with van der Waals surface area (Å²) in [5.74, 6) is -0.557. The average molecular weight is 300 g/mol. The van der Waals surface area contributed by atoms with Crippen LogP contribution in [0.5, 0.6) is 0 Å². The summed E-state index contributed by atoms with van der Waals surface area (Å²) >= 11 is 0. The molecule has 0 aromatic carbocycles. The van der Waals surface area contributed by atoms with Crippen LogP contribution in [0, 0.1) is 0 Å². The fourth-order valence-electron chi connectivity index (χ4n) is 2.29. The van der Waals surface area contributed by atoms with Crippen LogP contribution >= 0.6 is 0 Å². The van der Waals surface area contributed by atoms with Gasteiger partial charge in [0.15, 0.2) is 12.3 Å². The first-order valence-electron chi connectivity index (χ1n) is 6.25. The maximum atomic E-state index is 11.8. The second kappa shape index (κ2) is 6.20. The first kappa shape index (κ1) is 15.4. The van der Waals surface area contributed by atoms with Crippen molar-refractivity contribution >= 4 is 5.97 Å². The van der Waals surface area contributed by atoms with E-state index >= 15 is 0 Å². The van der Waals surface area contributed by atoms with E-state index in [1.54, 1.807) is 0 Å². The molecule has 0 radical (unpaired) electrons. The van der Waals surface area contributed by atoms with Crippen LogP contribution in [0.3, 0.4) is 0 Å². The van der Waals surface area contributed by atoms with E-state index in [1.165, 1.54) is 20.2 Å². The number of esters is 1. The summed E-state index contributed by atoms with van der Waals surface area (Å²) in [5, 5.41) is 9.32. The molecule has 1 saturated heterocycles. The molecule has 1 fully saturated rings. The Morgan fingerprint density at radius 1 is 1.48 bits per heavy atom. The molecule has 2 heterocycles. The molecule has 0 spiro atoms. The Hall–Kier alpha value is -1.97. The number of hydrogen-bond acceptors (Lipinski definition) is 7. The molecule has 1 aliphatic rings. The van der Waals surface area contributed by atoms with Crippen molar-refractivity contribution in [3.8, 4) is 0 Å². The average Bonchev–Trinajstić information content (AvgIpc) is 2.75. The third kappa shape index (κ3) is 3.04. The molecule has 0 amide bonds. The second-order valence-electron chi connectivity index (χ2n) is 4.54. The van der Waals surface area contributed by atoms with Gasteiger partial charge in [0.2, 0.25) is 0 Å². The van der Waals surface area contributed by atoms with Gasteiger partial charge in [0.25, 0.3) is 5.56 Å². The molecule has 4 atom stereocenters. The van der Waals surface area contributed by atoms with Gasteiger partial charge >= 0.3 is 11.7 Å². The van der Waals surface area contributed by atoms with Crippen LogP contribution in [0.4, 0.5) is 0 Å². The van der Waals surface area contributed by atoms with Crippen molar-refractivity contribution in [3.05, 3.63) is 33.1 Å². The van der Waals surface area contributed by atoms with E-state index in [0.717, 1.165) is 10.6 Å². The van der Waals surface area contributed by atoms with Crippen LogP contribution in [0.1, 0.15) is 13.2 Å². The van der Waals surface area contributed by atoms with Crippen molar-refractivity contribution in [2.75, 3.05) is 13.7 Å². The van der Waals surface area contributed by atoms with Gasteiger partial charge in [-0.1, -0.05) is 0 Å². The smallest absolute Gasteiger partial charge is 0.330 e. The fourth-order valence-corrected chi connectivity index (χ4v) is 2.29. The second-order valence-corrected chi connectivity index (χ2v) is 4.54. The first-order chi connectivity index (χ1) is 9.97. The Morgan fingerprint density at radius 2 is 2.19 bits per heavy atom. The Labute approximate surface area is 119 Å². The molecule has 1 aromatic rings. The molecule has 0 aliphatic carbocycles. The van der Waals surface area contributed by atoms with E-state index in [-0.39, 0.29) is 0 Å². The minimum Gasteiger partial charge on any atom is -0.457 e. The summed E-state index contributed by atoms with van der Waals surface area (Å²) in [6, 6.07) is 1.16. The minimum absolute atomic E-state index is 0.410. The Morgan fingerprint density at radius 3 is 2.71 bits per heavy atom. The number of aromatic amines is 1. The quantitative estimate of drug-likeness (QED) is 0.641. The Kier molecular flexibility index (Phi) is 4.56. The van der Waals surface area contributed by atoms with Crippen molar-refractivity contribution in [2.45, 2.75) is 31.5 Å². The molecule has 9 heteroatoms. The van der Waals surface area contributed by atoms with Crippen LogP contribution in [-0.4, -0.2) is 52.7 Å². The summed E-state index contributed by atoms with van der Waals surface area (Å²) in [6.45, 7) is 0.813. The number of aliphatic hydroxyl groups excluding tert-OH is 1. The number of carbonyl (C=O) groups is 1. The lowest BCUT2D eigenvalue weighted by atomic mass is 10.1. The van der Waals surface area contributed by atoms with Gasteiger partial charge in [-0.25, -0.2) is 4.79 Å². The summed E-state index contributed by atoms with van der Waals surface area (Å²) in [6.07, 6.45) is -2.16. The van der Waals surface area contributed by atoms with Gasteiger partial charge in [0.1, 0.15) is 12.2 Å². The highest BCUT2D eigenvalue weighted by molar-refractivity contribution is 5.66. The van der Waals surface area contributed by atoms with Gasteiger partial charge in [-0.2, -0.15) is 0 Å². The maximum absolute atomic E-state index is 11.8. The zero-order chi connectivity index (χ0) is 15.6. The van der Waals surface area contributed by atoms with Crippen LogP contribution in [0.15, 0.2) is 21.9 Å². The first-order valence-corrected chi connectivity index (χ1v) is 6.25. The van der Waals surface area contributed by atoms with Gasteiger partial charge < -0.3 is 19.3 Å². The largest absolute Gasteiger partial charge is 0.457 e. The summed E-state index contributed by atoms with van der Waals surface area (Å²) in [5.41, 5.74) is -1.23. The molecule has 2 unspecified atom stereocenters. The molecule has 116 valence electrons. The number of aliphatic hydroxyl groups is 1. The van der Waals surface area contributed by atoms with Crippen LogP contribution in [-0.2, 0) is 19.0 Å². The third-order valence-corrected chi connectivity index (χ3v) is 3.16. The number of H-pyrrole nitrogens is 1. The predicted molar refractivity (Wildman–Crippen MR) is 68.7 cm³/mol. The monoisotopic (exact) mass is 300 g/mol. The topological polar surface area (TPSA) is 120 Å². The summed E-state index contributed by atoms with van der Waals surface area (Å²) in [4.78, 5) is 36.1. The van der Waals surface area contributed by atoms with Crippen molar-refractivity contribution in [1.82, 2.24) is 9.55 Å². The highest BCUT2D eigenvalue weighted by Gasteiger charge is 2.48. The van der Waals surface area contributed by atoms with Crippen molar-refractivity contribution in [1.29, 1.82) is 0 Å². The third-order valence-electron chi connectivity index (χ3n) is 3.16. The molecule has 21 heavy (non-hydrogen) atoms. The summed E-state index contributed by atoms with van der Waals surface area (Å²) < 4.78 is 17.0. The standard InChI is InChI=1S/C12H16N2O7/c1-6(16)20-9-7(5-15)21-11(10(9)19-2)14-4-3-8(17)13-12(14)18/h3-4,7,9-11,15H,5H2,1-2H3,(H,13,17,18)/t7-,9?,10?,11-/m1/s1. The fraction of sp³-hybridized carbons (Fsp3) is 0.583. The molecular formula is C12H16N2O7. The normalized spacial score (nSPS) is 28.5. The SMILES string of the molecule is COC1C(OC(C)=O)[C@@H](CO)O[C@H]1n1ccc(=O)[nH]c1=O. The molecule has 0 bridgehead atoms. The molecule has 1 aromatic heterocycles. The van der Waals surface area contributed by atoms with E-state index in [9.17, 15) is 19.5 Å². The highest BCUT2D eigenvalue weighted by Crippen LogP contribution is 2.32. The summed E-state index contributed by atoms with van der Waals surface area (Å²) in [7, 11) is 1.37. The number of hydrogen-bond donors (Lipinski definition) is 2. The number of aromatic nitrogens is 2. The Bertz CT molecular complexity index is 623. The number of carbonyl (C=O) groups excluding carboxylic acids is 1. The number of ether oxygens (including phenoxy) is 3. The lowest BCUT2D eigenvalue weighted by Crippen LogP contribution is -2.40. The van der Waals surface area contributed by atoms with Gasteiger partial charge in [-0.15, -0.1) is 0 Å². The van der Waals surface area contributed by atoms with Crippen LogP contribution < -0.4 is 11.2 Å². The molecule has 0 saturated carbocycles. The van der Waals surface area contributed by atoms with Gasteiger partial charge in [-0.3, -0.25) is 19.1 Å². The van der Waals surface area contributed by atoms with Crippen LogP contribution in [0.25, 0.3) is 0 Å². The van der Waals surface area contributed by atoms with E-state index < -0.39 is 48.4 Å². The van der Waals surface area contributed by atoms with Crippen LogP contribution in [0.2, 0.25) is 0 Å². The number of methoxy groups -OCH3 is 1. The van der Waals surface area contributed by atoms with Gasteiger partial charge in [0.05, 0.1) is 6.61 Å². The lowest BCUT2D eigenvalue weighted by Gasteiger charge is -2.22. The highest BCUT2D eigenvalue weighted by atomic mass is 16.6. The molecular weight excluding hydrogens is 284 g/mol. The zero-order valence-corrected chi connectivity index (χ0v) is 11.5. The number of nitrogens with one attached hydrogen (secondary N) is 1. The van der Waals surface area contributed by atoms with Gasteiger partial charge in [-0.05, 0) is 0 Å². The zero-order valence-electron chi connectivity index (χ0n) is 11.5. The van der Waals surface area contributed by atoms with Crippen molar-refractivity contribution in [3.63, 3.8) is 0 Å². The number of rotatable bonds is 4. The maximum Gasteiger partial charge on any atom is 0.330 e. The molecule has 9 nitrogen and oxygen atoms in total. The predicted octanol–water partition coefficient (Wildman–Crippen LogP) is -1.63. The van der Waals surface area contributed by atoms with E-state index in [2.05, 4.69) is 4.98 Å². The molecule has 1 aliphatic heterocycles. The van der Waals surface area contributed by atoms with E-state index in [0.29, 0.717) is 0 Å². The van der Waals surface area contributed by atoms with Crippen molar-refractivity contribution in [2.24, 2.45) is 0 Å². The van der Waals surface area contributed by atoms with Crippen molar-refractivity contribution < 1.29 is 24.1 Å². The van der Waals surface area contributed by atoms with Gasteiger partial charge in [0, 0.05) is 26.3 Å². The van der Waals surface area contributed by atoms with E-state index in [4.69, 9.17) is 14.2 Å². The number of nitrogens with zero attached hydrogens (tertiary/aromatic N) is 1. The minimum atomic E-state index is -0.930. The Balaban J connectivity index is 2.37. The molecule has 2 rings (SSSR count). The lowest BCUT2D eigenvalue weighted by molar-refractivity contribution is -0.154. The van der Waals surface area contributed by atoms with E-state index in [1.807, 2.05) is 0 Å².